The molecular formula is C9H11BrN2OS. The molecule has 0 saturated carbocycles. The highest BCUT2D eigenvalue weighted by Crippen LogP contribution is 2.27. The van der Waals surface area contributed by atoms with Gasteiger partial charge in [0, 0.05) is 14.9 Å². The molecule has 1 rings (SSSR count). The molecule has 0 radical (unpaired) electrons. The van der Waals surface area contributed by atoms with E-state index in [1.807, 2.05) is 18.2 Å². The molecule has 76 valence electrons. The molecular weight excluding hydrogens is 264 g/mol. The minimum absolute atomic E-state index is 0.124. The third kappa shape index (κ3) is 2.65. The standard InChI is InChI=1S/C9H11BrN2OS/c1-2-14-8-4-3-6(5-7(8)10)9(11)12-13/h3-5,13H,2H2,1H3,(H2,11,12). The van der Waals surface area contributed by atoms with Crippen LogP contribution in [0.25, 0.3) is 0 Å². The van der Waals surface area contributed by atoms with Crippen LogP contribution in [0.15, 0.2) is 32.7 Å². The smallest absolute Gasteiger partial charge is 0.170 e. The summed E-state index contributed by atoms with van der Waals surface area (Å²) < 4.78 is 0.966. The van der Waals surface area contributed by atoms with Gasteiger partial charge < -0.3 is 10.9 Å². The van der Waals surface area contributed by atoms with Gasteiger partial charge in [-0.3, -0.25) is 0 Å². The molecule has 0 bridgehead atoms. The Morgan fingerprint density at radius 2 is 2.36 bits per heavy atom. The molecule has 0 fully saturated rings. The molecule has 0 aliphatic carbocycles. The van der Waals surface area contributed by atoms with Gasteiger partial charge in [0.2, 0.25) is 0 Å². The maximum Gasteiger partial charge on any atom is 0.170 e. The van der Waals surface area contributed by atoms with Gasteiger partial charge in [-0.25, -0.2) is 0 Å². The van der Waals surface area contributed by atoms with E-state index < -0.39 is 0 Å². The van der Waals surface area contributed by atoms with Crippen molar-refractivity contribution in [3.05, 3.63) is 28.2 Å². The lowest BCUT2D eigenvalue weighted by molar-refractivity contribution is 0.318. The number of hydrogen-bond acceptors (Lipinski definition) is 3. The van der Waals surface area contributed by atoms with Crippen molar-refractivity contribution in [2.45, 2.75) is 11.8 Å². The van der Waals surface area contributed by atoms with Crippen LogP contribution in [0, 0.1) is 0 Å². The van der Waals surface area contributed by atoms with Crippen LogP contribution in [0.2, 0.25) is 0 Å². The molecule has 1 aromatic carbocycles. The zero-order valence-electron chi connectivity index (χ0n) is 7.70. The van der Waals surface area contributed by atoms with E-state index in [0.717, 1.165) is 15.1 Å². The fourth-order valence-electron chi connectivity index (χ4n) is 0.990. The Bertz CT molecular complexity index is 355. The van der Waals surface area contributed by atoms with Crippen LogP contribution < -0.4 is 5.73 Å². The van der Waals surface area contributed by atoms with E-state index in [9.17, 15) is 0 Å². The Kier molecular flexibility index (Phi) is 4.28. The van der Waals surface area contributed by atoms with Crippen molar-refractivity contribution in [1.29, 1.82) is 0 Å². The summed E-state index contributed by atoms with van der Waals surface area (Å²) in [5.41, 5.74) is 6.17. The van der Waals surface area contributed by atoms with Crippen LogP contribution in [0.3, 0.4) is 0 Å². The Morgan fingerprint density at radius 3 is 2.86 bits per heavy atom. The van der Waals surface area contributed by atoms with E-state index in [1.165, 1.54) is 0 Å². The molecule has 5 heteroatoms. The maximum absolute atomic E-state index is 8.49. The largest absolute Gasteiger partial charge is 0.409 e. The Balaban J connectivity index is 3.00. The number of halogens is 1. The highest BCUT2D eigenvalue weighted by molar-refractivity contribution is 9.10. The summed E-state index contributed by atoms with van der Waals surface area (Å²) in [6.45, 7) is 2.09. The fourth-order valence-corrected chi connectivity index (χ4v) is 2.38. The summed E-state index contributed by atoms with van der Waals surface area (Å²) in [4.78, 5) is 1.15. The number of benzene rings is 1. The zero-order chi connectivity index (χ0) is 10.6. The van der Waals surface area contributed by atoms with E-state index in [4.69, 9.17) is 10.9 Å². The van der Waals surface area contributed by atoms with Crippen LogP contribution >= 0.6 is 27.7 Å². The second kappa shape index (κ2) is 5.26. The second-order valence-corrected chi connectivity index (χ2v) is 4.72. The number of nitrogens with zero attached hydrogens (tertiary/aromatic N) is 1. The van der Waals surface area contributed by atoms with Crippen molar-refractivity contribution < 1.29 is 5.21 Å². The van der Waals surface area contributed by atoms with Crippen molar-refractivity contribution in [2.75, 3.05) is 5.75 Å². The van der Waals surface area contributed by atoms with Crippen molar-refractivity contribution in [2.24, 2.45) is 10.9 Å². The summed E-state index contributed by atoms with van der Waals surface area (Å²) >= 11 is 5.17. The number of rotatable bonds is 3. The van der Waals surface area contributed by atoms with Gasteiger partial charge in [0.05, 0.1) is 0 Å². The molecule has 14 heavy (non-hydrogen) atoms. The highest BCUT2D eigenvalue weighted by Gasteiger charge is 2.04. The molecule has 0 saturated heterocycles. The van der Waals surface area contributed by atoms with E-state index in [-0.39, 0.29) is 5.84 Å². The predicted octanol–water partition coefficient (Wildman–Crippen LogP) is 2.66. The quantitative estimate of drug-likeness (QED) is 0.293. The average Bonchev–Trinajstić information content (AvgIpc) is 2.20. The number of amidine groups is 1. The van der Waals surface area contributed by atoms with Gasteiger partial charge in [-0.1, -0.05) is 12.1 Å². The SMILES string of the molecule is CCSc1ccc(/C(N)=N/O)cc1Br. The Hall–Kier alpha value is -0.680. The van der Waals surface area contributed by atoms with Crippen LogP contribution in [-0.4, -0.2) is 16.8 Å². The van der Waals surface area contributed by atoms with E-state index in [1.54, 1.807) is 11.8 Å². The minimum atomic E-state index is 0.124. The molecule has 1 aromatic rings. The molecule has 0 unspecified atom stereocenters. The van der Waals surface area contributed by atoms with Crippen molar-refractivity contribution in [3.63, 3.8) is 0 Å². The van der Waals surface area contributed by atoms with Gasteiger partial charge in [-0.2, -0.15) is 0 Å². The monoisotopic (exact) mass is 274 g/mol. The number of thioether (sulfide) groups is 1. The topological polar surface area (TPSA) is 58.6 Å². The fraction of sp³-hybridized carbons (Fsp3) is 0.222. The van der Waals surface area contributed by atoms with Gasteiger partial charge in [-0.05, 0) is 39.9 Å². The summed E-state index contributed by atoms with van der Waals surface area (Å²) in [7, 11) is 0. The first-order valence-corrected chi connectivity index (χ1v) is 5.87. The molecule has 0 aromatic heterocycles. The predicted molar refractivity (Wildman–Crippen MR) is 63.1 cm³/mol. The van der Waals surface area contributed by atoms with Crippen LogP contribution in [-0.2, 0) is 0 Å². The molecule has 0 spiro atoms. The van der Waals surface area contributed by atoms with Gasteiger partial charge in [0.15, 0.2) is 5.84 Å². The molecule has 0 amide bonds. The number of oxime groups is 1. The van der Waals surface area contributed by atoms with Crippen LogP contribution in [0.5, 0.6) is 0 Å². The molecule has 3 nitrogen and oxygen atoms in total. The van der Waals surface area contributed by atoms with Gasteiger partial charge in [0.25, 0.3) is 0 Å². The number of hydrogen-bond donors (Lipinski definition) is 2. The van der Waals surface area contributed by atoms with Gasteiger partial charge >= 0.3 is 0 Å². The van der Waals surface area contributed by atoms with Crippen molar-refractivity contribution in [3.8, 4) is 0 Å². The molecule has 0 heterocycles. The third-order valence-corrected chi connectivity index (χ3v) is 3.51. The normalized spacial score (nSPS) is 11.7. The van der Waals surface area contributed by atoms with Gasteiger partial charge in [-0.15, -0.1) is 11.8 Å². The second-order valence-electron chi connectivity index (χ2n) is 2.56. The molecule has 0 atom stereocenters. The van der Waals surface area contributed by atoms with E-state index in [0.29, 0.717) is 5.56 Å². The summed E-state index contributed by atoms with van der Waals surface area (Å²) in [6.07, 6.45) is 0. The summed E-state index contributed by atoms with van der Waals surface area (Å²) in [6, 6.07) is 5.62. The molecule has 3 N–H and O–H groups in total. The summed E-state index contributed by atoms with van der Waals surface area (Å²) in [5.74, 6) is 1.14. The van der Waals surface area contributed by atoms with Crippen LogP contribution in [0.1, 0.15) is 12.5 Å². The first kappa shape index (κ1) is 11.4. The number of nitrogens with two attached hydrogens (primary N) is 1. The van der Waals surface area contributed by atoms with Crippen LogP contribution in [0.4, 0.5) is 0 Å². The lowest BCUT2D eigenvalue weighted by Gasteiger charge is -2.04. The minimum Gasteiger partial charge on any atom is -0.409 e. The summed E-state index contributed by atoms with van der Waals surface area (Å²) in [5, 5.41) is 11.4. The lowest BCUT2D eigenvalue weighted by Crippen LogP contribution is -2.12. The van der Waals surface area contributed by atoms with Gasteiger partial charge in [0.1, 0.15) is 0 Å². The third-order valence-electron chi connectivity index (χ3n) is 1.64. The molecule has 0 aliphatic rings. The first-order valence-electron chi connectivity index (χ1n) is 4.09. The maximum atomic E-state index is 8.49. The van der Waals surface area contributed by atoms with Crippen molar-refractivity contribution in [1.82, 2.24) is 0 Å². The zero-order valence-corrected chi connectivity index (χ0v) is 10.1. The average molecular weight is 275 g/mol. The Labute approximate surface area is 95.5 Å². The highest BCUT2D eigenvalue weighted by atomic mass is 79.9. The molecule has 0 aliphatic heterocycles. The van der Waals surface area contributed by atoms with E-state index in [2.05, 4.69) is 28.0 Å². The lowest BCUT2D eigenvalue weighted by atomic mass is 10.2. The van der Waals surface area contributed by atoms with Crippen molar-refractivity contribution >= 4 is 33.5 Å². The van der Waals surface area contributed by atoms with E-state index >= 15 is 0 Å². The first-order chi connectivity index (χ1) is 6.69. The Morgan fingerprint density at radius 1 is 1.64 bits per heavy atom.